The van der Waals surface area contributed by atoms with Crippen LogP contribution in [0.5, 0.6) is 0 Å². The number of likely N-dealkylation sites (tertiary alicyclic amines) is 1. The number of rotatable bonds is 6. The summed E-state index contributed by atoms with van der Waals surface area (Å²) in [6.45, 7) is 6.57. The molecule has 2 fully saturated rings. The molecule has 122 valence electrons. The van der Waals surface area contributed by atoms with E-state index < -0.39 is 5.54 Å². The van der Waals surface area contributed by atoms with Crippen molar-refractivity contribution in [1.29, 1.82) is 0 Å². The van der Waals surface area contributed by atoms with Gasteiger partial charge in [-0.2, -0.15) is 4.98 Å². The van der Waals surface area contributed by atoms with Crippen molar-refractivity contribution in [1.82, 2.24) is 20.4 Å². The molecule has 2 heterocycles. The van der Waals surface area contributed by atoms with Crippen LogP contribution in [-0.4, -0.2) is 46.1 Å². The van der Waals surface area contributed by atoms with Crippen LogP contribution in [0, 0.1) is 0 Å². The van der Waals surface area contributed by atoms with Crippen LogP contribution < -0.4 is 5.32 Å². The average molecular weight is 306 g/mol. The van der Waals surface area contributed by atoms with E-state index in [0.29, 0.717) is 24.7 Å². The standard InChI is InChI=1S/C16H26N4O2/c1-16(2,20-10-3-4-11-20)15(21)17-9-8-13-18-14(22-19-13)12-6-5-7-12/h12H,3-11H2,1-2H3,(H,17,21). The summed E-state index contributed by atoms with van der Waals surface area (Å²) in [6.07, 6.45) is 6.56. The molecule has 6 heteroatoms. The van der Waals surface area contributed by atoms with E-state index in [1.165, 1.54) is 19.3 Å². The summed E-state index contributed by atoms with van der Waals surface area (Å²) in [7, 11) is 0. The zero-order valence-corrected chi connectivity index (χ0v) is 13.6. The molecular formula is C16H26N4O2. The van der Waals surface area contributed by atoms with Gasteiger partial charge in [0.2, 0.25) is 11.8 Å². The summed E-state index contributed by atoms with van der Waals surface area (Å²) in [6, 6.07) is 0. The summed E-state index contributed by atoms with van der Waals surface area (Å²) in [5, 5.41) is 7.02. The van der Waals surface area contributed by atoms with Gasteiger partial charge in [0.25, 0.3) is 0 Å². The van der Waals surface area contributed by atoms with Crippen molar-refractivity contribution in [3.63, 3.8) is 0 Å². The molecular weight excluding hydrogens is 280 g/mol. The van der Waals surface area contributed by atoms with Gasteiger partial charge in [0, 0.05) is 18.9 Å². The van der Waals surface area contributed by atoms with Crippen LogP contribution >= 0.6 is 0 Å². The van der Waals surface area contributed by atoms with E-state index in [1.807, 2.05) is 13.8 Å². The summed E-state index contributed by atoms with van der Waals surface area (Å²) < 4.78 is 5.29. The first kappa shape index (κ1) is 15.5. The number of nitrogens with one attached hydrogen (secondary N) is 1. The molecule has 1 saturated carbocycles. The number of aromatic nitrogens is 2. The second-order valence-corrected chi connectivity index (χ2v) is 6.94. The Kier molecular flexibility index (Phi) is 4.47. The summed E-state index contributed by atoms with van der Waals surface area (Å²) in [5.41, 5.74) is -0.440. The monoisotopic (exact) mass is 306 g/mol. The molecule has 0 atom stereocenters. The number of nitrogens with zero attached hydrogens (tertiary/aromatic N) is 3. The van der Waals surface area contributed by atoms with Gasteiger partial charge in [0.05, 0.1) is 5.54 Å². The van der Waals surface area contributed by atoms with Crippen molar-refractivity contribution in [2.45, 2.75) is 63.8 Å². The number of carbonyl (C=O) groups is 1. The van der Waals surface area contributed by atoms with Gasteiger partial charge in [0.15, 0.2) is 5.82 Å². The van der Waals surface area contributed by atoms with Crippen LogP contribution in [0.2, 0.25) is 0 Å². The first-order valence-corrected chi connectivity index (χ1v) is 8.43. The van der Waals surface area contributed by atoms with Crippen LogP contribution in [0.3, 0.4) is 0 Å². The number of hydrogen-bond donors (Lipinski definition) is 1. The van der Waals surface area contributed by atoms with Crippen molar-refractivity contribution >= 4 is 5.91 Å². The van der Waals surface area contributed by atoms with Crippen molar-refractivity contribution in [3.8, 4) is 0 Å². The van der Waals surface area contributed by atoms with E-state index in [9.17, 15) is 4.79 Å². The Morgan fingerprint density at radius 1 is 1.32 bits per heavy atom. The topological polar surface area (TPSA) is 71.3 Å². The quantitative estimate of drug-likeness (QED) is 0.868. The molecule has 0 spiro atoms. The smallest absolute Gasteiger partial charge is 0.239 e. The van der Waals surface area contributed by atoms with Gasteiger partial charge >= 0.3 is 0 Å². The van der Waals surface area contributed by atoms with Gasteiger partial charge in [-0.05, 0) is 52.6 Å². The molecule has 0 bridgehead atoms. The van der Waals surface area contributed by atoms with E-state index in [4.69, 9.17) is 4.52 Å². The Morgan fingerprint density at radius 2 is 2.05 bits per heavy atom. The zero-order chi connectivity index (χ0) is 15.6. The van der Waals surface area contributed by atoms with Crippen molar-refractivity contribution in [2.75, 3.05) is 19.6 Å². The highest BCUT2D eigenvalue weighted by molar-refractivity contribution is 5.85. The molecule has 22 heavy (non-hydrogen) atoms. The third-order valence-corrected chi connectivity index (χ3v) is 5.02. The molecule has 1 amide bonds. The minimum absolute atomic E-state index is 0.0807. The van der Waals surface area contributed by atoms with Crippen LogP contribution in [0.15, 0.2) is 4.52 Å². The van der Waals surface area contributed by atoms with Gasteiger partial charge in [-0.3, -0.25) is 9.69 Å². The van der Waals surface area contributed by atoms with Gasteiger partial charge in [0.1, 0.15) is 0 Å². The highest BCUT2D eigenvalue weighted by atomic mass is 16.5. The van der Waals surface area contributed by atoms with E-state index in [1.54, 1.807) is 0 Å². The molecule has 1 N–H and O–H groups in total. The van der Waals surface area contributed by atoms with Gasteiger partial charge < -0.3 is 9.84 Å². The number of amides is 1. The maximum atomic E-state index is 12.4. The second-order valence-electron chi connectivity index (χ2n) is 6.94. The average Bonchev–Trinajstić information content (AvgIpc) is 3.08. The molecule has 1 aliphatic heterocycles. The Balaban J connectivity index is 1.45. The lowest BCUT2D eigenvalue weighted by atomic mass is 9.85. The third-order valence-electron chi connectivity index (χ3n) is 5.02. The lowest BCUT2D eigenvalue weighted by molar-refractivity contribution is -0.131. The highest BCUT2D eigenvalue weighted by Crippen LogP contribution is 2.35. The van der Waals surface area contributed by atoms with E-state index in [-0.39, 0.29) is 5.91 Å². The molecule has 6 nitrogen and oxygen atoms in total. The second kappa shape index (κ2) is 6.36. The maximum Gasteiger partial charge on any atom is 0.239 e. The van der Waals surface area contributed by atoms with Crippen LogP contribution in [-0.2, 0) is 11.2 Å². The SMILES string of the molecule is CC(C)(C(=O)NCCc1noc(C2CCC2)n1)N1CCCC1. The molecule has 2 aliphatic rings. The zero-order valence-electron chi connectivity index (χ0n) is 13.6. The first-order chi connectivity index (χ1) is 10.6. The summed E-state index contributed by atoms with van der Waals surface area (Å²) in [5.74, 6) is 2.01. The summed E-state index contributed by atoms with van der Waals surface area (Å²) in [4.78, 5) is 19.1. The lowest BCUT2D eigenvalue weighted by Gasteiger charge is -2.33. The fourth-order valence-electron chi connectivity index (χ4n) is 3.11. The van der Waals surface area contributed by atoms with Crippen LogP contribution in [0.1, 0.15) is 63.6 Å². The molecule has 1 aromatic rings. The van der Waals surface area contributed by atoms with Gasteiger partial charge in [-0.15, -0.1) is 0 Å². The molecule has 0 unspecified atom stereocenters. The third kappa shape index (κ3) is 3.16. The van der Waals surface area contributed by atoms with E-state index >= 15 is 0 Å². The number of hydrogen-bond acceptors (Lipinski definition) is 5. The minimum Gasteiger partial charge on any atom is -0.354 e. The first-order valence-electron chi connectivity index (χ1n) is 8.43. The van der Waals surface area contributed by atoms with Gasteiger partial charge in [-0.25, -0.2) is 0 Å². The van der Waals surface area contributed by atoms with Crippen molar-refractivity contribution in [2.24, 2.45) is 0 Å². The van der Waals surface area contributed by atoms with Crippen molar-refractivity contribution in [3.05, 3.63) is 11.7 Å². The molecule has 0 aromatic carbocycles. The van der Waals surface area contributed by atoms with E-state index in [2.05, 4.69) is 20.4 Å². The molecule has 1 aliphatic carbocycles. The number of carbonyl (C=O) groups excluding carboxylic acids is 1. The fourth-order valence-corrected chi connectivity index (χ4v) is 3.11. The predicted molar refractivity (Wildman–Crippen MR) is 82.5 cm³/mol. The predicted octanol–water partition coefficient (Wildman–Crippen LogP) is 1.87. The summed E-state index contributed by atoms with van der Waals surface area (Å²) >= 11 is 0. The molecule has 1 saturated heterocycles. The van der Waals surface area contributed by atoms with E-state index in [0.717, 1.165) is 31.8 Å². The van der Waals surface area contributed by atoms with Gasteiger partial charge in [-0.1, -0.05) is 11.6 Å². The Labute approximate surface area is 131 Å². The fraction of sp³-hybridized carbons (Fsp3) is 0.812. The molecule has 3 rings (SSSR count). The lowest BCUT2D eigenvalue weighted by Crippen LogP contribution is -2.54. The van der Waals surface area contributed by atoms with Crippen molar-refractivity contribution < 1.29 is 9.32 Å². The largest absolute Gasteiger partial charge is 0.354 e. The van der Waals surface area contributed by atoms with Crippen LogP contribution in [0.4, 0.5) is 0 Å². The minimum atomic E-state index is -0.440. The van der Waals surface area contributed by atoms with Crippen LogP contribution in [0.25, 0.3) is 0 Å². The molecule has 0 radical (unpaired) electrons. The normalized spacial score (nSPS) is 20.1. The molecule has 1 aromatic heterocycles. The Bertz CT molecular complexity index is 516. The highest BCUT2D eigenvalue weighted by Gasteiger charge is 2.35. The Hall–Kier alpha value is -1.43. The Morgan fingerprint density at radius 3 is 2.68 bits per heavy atom. The maximum absolute atomic E-state index is 12.4.